The van der Waals surface area contributed by atoms with Crippen LogP contribution in [0.15, 0.2) is 72.8 Å². The number of amides is 2. The summed E-state index contributed by atoms with van der Waals surface area (Å²) in [5.74, 6) is -0.965. The lowest BCUT2D eigenvalue weighted by Gasteiger charge is -2.10. The first-order valence-electron chi connectivity index (χ1n) is 12.2. The van der Waals surface area contributed by atoms with Crippen molar-refractivity contribution in [3.63, 3.8) is 0 Å². The molecule has 2 aromatic heterocycles. The van der Waals surface area contributed by atoms with Crippen LogP contribution in [-0.2, 0) is 16.0 Å². The Morgan fingerprint density at radius 1 is 0.949 bits per heavy atom. The highest BCUT2D eigenvalue weighted by Gasteiger charge is 2.16. The Morgan fingerprint density at radius 2 is 1.77 bits per heavy atom. The highest BCUT2D eigenvalue weighted by molar-refractivity contribution is 6.35. The first-order chi connectivity index (χ1) is 18.9. The maximum absolute atomic E-state index is 14.1. The normalized spacial score (nSPS) is 11.1. The molecule has 3 aromatic carbocycles. The minimum absolute atomic E-state index is 0.136. The number of nitrogens with zero attached hydrogens (tertiary/aromatic N) is 1. The van der Waals surface area contributed by atoms with Crippen molar-refractivity contribution in [2.75, 3.05) is 6.61 Å². The second kappa shape index (κ2) is 11.7. The van der Waals surface area contributed by atoms with Gasteiger partial charge in [0, 0.05) is 27.7 Å². The van der Waals surface area contributed by atoms with Gasteiger partial charge >= 0.3 is 0 Å². The van der Waals surface area contributed by atoms with Gasteiger partial charge in [-0.25, -0.2) is 9.37 Å². The molecule has 0 atom stereocenters. The number of nitrogens with one attached hydrogen (secondary N) is 3. The summed E-state index contributed by atoms with van der Waals surface area (Å²) >= 11 is 11.9. The summed E-state index contributed by atoms with van der Waals surface area (Å²) in [6.07, 6.45) is 1.09. The van der Waals surface area contributed by atoms with Crippen LogP contribution in [0, 0.1) is 5.82 Å². The Morgan fingerprint density at radius 3 is 2.62 bits per heavy atom. The van der Waals surface area contributed by atoms with Gasteiger partial charge < -0.3 is 9.72 Å². The van der Waals surface area contributed by atoms with Crippen LogP contribution in [0.25, 0.3) is 33.2 Å². The molecular formula is C29H23Cl2FN4O3. The number of fused-ring (bicyclic) bond motifs is 2. The predicted molar refractivity (Wildman–Crippen MR) is 150 cm³/mol. The Balaban J connectivity index is 1.21. The predicted octanol–water partition coefficient (Wildman–Crippen LogP) is 6.38. The van der Waals surface area contributed by atoms with E-state index in [4.69, 9.17) is 32.9 Å². The number of rotatable bonds is 8. The fraction of sp³-hybridized carbons (Fsp3) is 0.138. The van der Waals surface area contributed by atoms with E-state index >= 15 is 0 Å². The molecule has 0 aliphatic rings. The maximum Gasteiger partial charge on any atom is 0.276 e. The zero-order chi connectivity index (χ0) is 27.4. The molecule has 0 aliphatic carbocycles. The zero-order valence-electron chi connectivity index (χ0n) is 20.6. The van der Waals surface area contributed by atoms with Gasteiger partial charge in [-0.15, -0.1) is 0 Å². The third kappa shape index (κ3) is 6.30. The van der Waals surface area contributed by atoms with Crippen LogP contribution in [0.4, 0.5) is 4.39 Å². The van der Waals surface area contributed by atoms with Crippen molar-refractivity contribution in [1.29, 1.82) is 0 Å². The third-order valence-electron chi connectivity index (χ3n) is 6.15. The molecule has 0 saturated heterocycles. The van der Waals surface area contributed by atoms with E-state index in [2.05, 4.69) is 15.8 Å². The summed E-state index contributed by atoms with van der Waals surface area (Å²) in [6, 6.07) is 21.0. The van der Waals surface area contributed by atoms with Gasteiger partial charge in [-0.3, -0.25) is 20.4 Å². The molecular weight excluding hydrogens is 542 g/mol. The average Bonchev–Trinajstić information content (AvgIpc) is 3.28. The van der Waals surface area contributed by atoms with Crippen molar-refractivity contribution >= 4 is 56.8 Å². The van der Waals surface area contributed by atoms with E-state index in [1.165, 1.54) is 18.2 Å². The van der Waals surface area contributed by atoms with Gasteiger partial charge in [0.05, 0.1) is 21.9 Å². The Kier molecular flexibility index (Phi) is 7.95. The Labute approximate surface area is 233 Å². The van der Waals surface area contributed by atoms with Crippen molar-refractivity contribution in [2.24, 2.45) is 0 Å². The smallest absolute Gasteiger partial charge is 0.276 e. The number of pyridine rings is 1. The van der Waals surface area contributed by atoms with Gasteiger partial charge in [0.25, 0.3) is 5.91 Å². The molecule has 198 valence electrons. The van der Waals surface area contributed by atoms with Gasteiger partial charge in [-0.2, -0.15) is 0 Å². The molecule has 5 rings (SSSR count). The molecule has 39 heavy (non-hydrogen) atoms. The average molecular weight is 565 g/mol. The van der Waals surface area contributed by atoms with E-state index in [0.29, 0.717) is 23.6 Å². The van der Waals surface area contributed by atoms with Crippen LogP contribution in [-0.4, -0.2) is 28.4 Å². The highest BCUT2D eigenvalue weighted by atomic mass is 35.5. The van der Waals surface area contributed by atoms with Gasteiger partial charge in [-0.1, -0.05) is 47.5 Å². The molecule has 0 aliphatic heterocycles. The summed E-state index contributed by atoms with van der Waals surface area (Å²) in [5.41, 5.74) is 8.73. The first-order valence-corrected chi connectivity index (χ1v) is 12.9. The van der Waals surface area contributed by atoms with Crippen LogP contribution >= 0.6 is 23.2 Å². The molecule has 0 unspecified atom stereocenters. The van der Waals surface area contributed by atoms with E-state index in [9.17, 15) is 14.0 Å². The number of aromatic amines is 1. The number of carbonyl (C=O) groups is 2. The minimum Gasteiger partial charge on any atom is -0.482 e. The fourth-order valence-corrected chi connectivity index (χ4v) is 4.77. The van der Waals surface area contributed by atoms with Crippen LogP contribution < -0.4 is 15.6 Å². The number of halogens is 3. The van der Waals surface area contributed by atoms with Crippen LogP contribution in [0.1, 0.15) is 18.4 Å². The summed E-state index contributed by atoms with van der Waals surface area (Å²) < 4.78 is 19.5. The number of hydrogen-bond acceptors (Lipinski definition) is 4. The molecule has 0 bridgehead atoms. The summed E-state index contributed by atoms with van der Waals surface area (Å²) in [4.78, 5) is 32.6. The van der Waals surface area contributed by atoms with E-state index < -0.39 is 5.91 Å². The quantitative estimate of drug-likeness (QED) is 0.190. The third-order valence-corrected chi connectivity index (χ3v) is 6.68. The number of para-hydroxylation sites is 1. The first kappa shape index (κ1) is 26.5. The molecule has 3 N–H and O–H groups in total. The molecule has 0 saturated carbocycles. The fourth-order valence-electron chi connectivity index (χ4n) is 4.30. The van der Waals surface area contributed by atoms with Crippen molar-refractivity contribution in [3.8, 4) is 17.1 Å². The second-order valence-corrected chi connectivity index (χ2v) is 9.71. The van der Waals surface area contributed by atoms with Crippen molar-refractivity contribution < 1.29 is 18.7 Å². The van der Waals surface area contributed by atoms with Crippen molar-refractivity contribution in [1.82, 2.24) is 20.8 Å². The van der Waals surface area contributed by atoms with Gasteiger partial charge in [0.15, 0.2) is 6.61 Å². The van der Waals surface area contributed by atoms with E-state index in [1.807, 2.05) is 36.4 Å². The number of hydrazine groups is 1. The lowest BCUT2D eigenvalue weighted by molar-refractivity contribution is -0.130. The Hall–Kier alpha value is -4.14. The standard InChI is InChI=1S/C29H23Cl2FN4O3/c30-18-9-13-26(22(31)14-18)39-16-28(38)36-35-27(37)7-3-5-20-21-15-19(32)10-12-24(21)34-29(20)25-11-8-17-4-1-2-6-23(17)33-25/h1-2,4,6,8-15,34H,3,5,7,16H2,(H,35,37)(H,36,38). The SMILES string of the molecule is O=C(CCCc1c(-c2ccc3ccccc3n2)[nH]c2ccc(F)cc12)NNC(=O)COc1ccc(Cl)cc1Cl. The number of benzene rings is 3. The molecule has 0 radical (unpaired) electrons. The summed E-state index contributed by atoms with van der Waals surface area (Å²) in [7, 11) is 0. The largest absolute Gasteiger partial charge is 0.482 e. The molecule has 7 nitrogen and oxygen atoms in total. The molecule has 2 heterocycles. The monoisotopic (exact) mass is 564 g/mol. The number of hydrogen-bond donors (Lipinski definition) is 3. The summed E-state index contributed by atoms with van der Waals surface area (Å²) in [5, 5.41) is 2.48. The number of ether oxygens (including phenoxy) is 1. The zero-order valence-corrected chi connectivity index (χ0v) is 22.1. The topological polar surface area (TPSA) is 96.1 Å². The van der Waals surface area contributed by atoms with Crippen LogP contribution in [0.3, 0.4) is 0 Å². The number of H-pyrrole nitrogens is 1. The maximum atomic E-state index is 14.1. The van der Waals surface area contributed by atoms with Crippen molar-refractivity contribution in [3.05, 3.63) is 94.2 Å². The molecule has 10 heteroatoms. The van der Waals surface area contributed by atoms with Crippen LogP contribution in [0.5, 0.6) is 5.75 Å². The lowest BCUT2D eigenvalue weighted by atomic mass is 10.0. The van der Waals surface area contributed by atoms with E-state index in [-0.39, 0.29) is 29.8 Å². The second-order valence-electron chi connectivity index (χ2n) is 8.87. The van der Waals surface area contributed by atoms with Crippen molar-refractivity contribution in [2.45, 2.75) is 19.3 Å². The van der Waals surface area contributed by atoms with Gasteiger partial charge in [0.2, 0.25) is 5.91 Å². The minimum atomic E-state index is -0.550. The number of carbonyl (C=O) groups excluding carboxylic acids is 2. The Bertz CT molecular complexity index is 1690. The lowest BCUT2D eigenvalue weighted by Crippen LogP contribution is -2.43. The molecule has 5 aromatic rings. The van der Waals surface area contributed by atoms with E-state index in [1.54, 1.807) is 18.2 Å². The molecule has 2 amide bonds. The molecule has 0 fully saturated rings. The number of aromatic nitrogens is 2. The highest BCUT2D eigenvalue weighted by Crippen LogP contribution is 2.32. The van der Waals surface area contributed by atoms with Gasteiger partial charge in [0.1, 0.15) is 11.6 Å². The summed E-state index contributed by atoms with van der Waals surface area (Å²) in [6.45, 7) is -0.343. The van der Waals surface area contributed by atoms with E-state index in [0.717, 1.165) is 38.8 Å². The molecule has 0 spiro atoms. The van der Waals surface area contributed by atoms with Crippen LogP contribution in [0.2, 0.25) is 10.0 Å². The van der Waals surface area contributed by atoms with Gasteiger partial charge in [-0.05, 0) is 66.9 Å². The number of aryl methyl sites for hydroxylation is 1.